The molecule has 0 bridgehead atoms. The van der Waals surface area contributed by atoms with Crippen LogP contribution in [0.5, 0.6) is 23.0 Å². The number of nitrogens with one attached hydrogen (secondary N) is 2. The Morgan fingerprint density at radius 3 is 2.41 bits per heavy atom. The number of phenolic OH excluding ortho intramolecular Hbond substituents is 1. The molecule has 0 radical (unpaired) electrons. The summed E-state index contributed by atoms with van der Waals surface area (Å²) >= 11 is 0. The van der Waals surface area contributed by atoms with E-state index in [1.165, 1.54) is 10.5 Å². The number of allylic oxidation sites excluding steroid dienone is 1. The monoisotopic (exact) mass is 398 g/mol. The molecule has 2 aliphatic heterocycles. The van der Waals surface area contributed by atoms with Crippen molar-refractivity contribution in [2.45, 2.75) is 19.5 Å². The number of benzene rings is 2. The van der Waals surface area contributed by atoms with Crippen LogP contribution in [0.1, 0.15) is 16.7 Å². The third-order valence-electron chi connectivity index (χ3n) is 5.84. The van der Waals surface area contributed by atoms with E-state index in [-0.39, 0.29) is 0 Å². The van der Waals surface area contributed by atoms with E-state index in [2.05, 4.69) is 18.7 Å². The molecule has 1 fully saturated rings. The van der Waals surface area contributed by atoms with Crippen LogP contribution in [0.25, 0.3) is 0 Å². The molecule has 6 heteroatoms. The Hall–Kier alpha value is -2.70. The Kier molecular flexibility index (Phi) is 5.92. The fourth-order valence-corrected chi connectivity index (χ4v) is 4.21. The summed E-state index contributed by atoms with van der Waals surface area (Å²) in [5.41, 5.74) is 3.11. The fraction of sp³-hybridized carbons (Fsp3) is 0.391. The van der Waals surface area contributed by atoms with E-state index in [1.54, 1.807) is 12.0 Å². The highest BCUT2D eigenvalue weighted by Gasteiger charge is 2.25. The number of hydrogen-bond donors (Lipinski definition) is 3. The average Bonchev–Trinajstić information content (AvgIpc) is 3.20. The van der Waals surface area contributed by atoms with E-state index in [9.17, 15) is 5.11 Å². The van der Waals surface area contributed by atoms with E-state index < -0.39 is 0 Å². The first-order valence-corrected chi connectivity index (χ1v) is 10.2. The minimum Gasteiger partial charge on any atom is -0.507 e. The lowest BCUT2D eigenvalue weighted by atomic mass is 10.0. The molecule has 2 aliphatic rings. The van der Waals surface area contributed by atoms with Crippen molar-refractivity contribution in [2.24, 2.45) is 0 Å². The molecule has 0 saturated carbocycles. The van der Waals surface area contributed by atoms with Gasteiger partial charge in [-0.15, -0.1) is 6.58 Å². The maximum atomic E-state index is 10.7. The highest BCUT2D eigenvalue weighted by Crippen LogP contribution is 2.32. The van der Waals surface area contributed by atoms with Gasteiger partial charge in [-0.2, -0.15) is 0 Å². The minimum absolute atomic E-state index is 0.319. The van der Waals surface area contributed by atoms with E-state index in [0.717, 1.165) is 67.6 Å². The van der Waals surface area contributed by atoms with Crippen molar-refractivity contribution in [2.75, 3.05) is 40.1 Å². The molecule has 1 saturated heterocycles. The predicted octanol–water partition coefficient (Wildman–Crippen LogP) is 0.342. The largest absolute Gasteiger partial charge is 0.507 e. The van der Waals surface area contributed by atoms with Crippen LogP contribution in [0, 0.1) is 0 Å². The Morgan fingerprint density at radius 2 is 1.69 bits per heavy atom. The van der Waals surface area contributed by atoms with E-state index >= 15 is 0 Å². The molecule has 0 amide bonds. The molecule has 2 heterocycles. The third kappa shape index (κ3) is 4.49. The number of piperazine rings is 1. The molecule has 2 aromatic carbocycles. The Labute approximate surface area is 171 Å². The second-order valence-electron chi connectivity index (χ2n) is 7.83. The van der Waals surface area contributed by atoms with Gasteiger partial charge in [0.05, 0.1) is 12.7 Å². The maximum absolute atomic E-state index is 10.7. The van der Waals surface area contributed by atoms with Crippen molar-refractivity contribution in [1.29, 1.82) is 0 Å². The summed E-state index contributed by atoms with van der Waals surface area (Å²) in [7, 11) is 1.67. The van der Waals surface area contributed by atoms with E-state index in [1.807, 2.05) is 24.3 Å². The SMILES string of the molecule is C=CCc1cc(OC)cc(C[NH+]2CC[NH+](Cc3ccc4c(c3)OCO4)CC2)c1O. The highest BCUT2D eigenvalue weighted by molar-refractivity contribution is 5.47. The minimum atomic E-state index is 0.319. The summed E-state index contributed by atoms with van der Waals surface area (Å²) in [6.45, 7) is 10.3. The highest BCUT2D eigenvalue weighted by atomic mass is 16.7. The zero-order valence-electron chi connectivity index (χ0n) is 17.0. The van der Waals surface area contributed by atoms with Crippen LogP contribution in [-0.4, -0.2) is 45.2 Å². The molecule has 2 aromatic rings. The van der Waals surface area contributed by atoms with Gasteiger partial charge in [0, 0.05) is 11.1 Å². The lowest BCUT2D eigenvalue weighted by Gasteiger charge is -2.30. The van der Waals surface area contributed by atoms with Gasteiger partial charge < -0.3 is 29.1 Å². The topological polar surface area (TPSA) is 56.8 Å². The molecule has 4 rings (SSSR count). The number of rotatable bonds is 7. The molecule has 0 spiro atoms. The number of fused-ring (bicyclic) bond motifs is 1. The van der Waals surface area contributed by atoms with Crippen LogP contribution in [0.2, 0.25) is 0 Å². The predicted molar refractivity (Wildman–Crippen MR) is 110 cm³/mol. The fourth-order valence-electron chi connectivity index (χ4n) is 4.21. The number of quaternary nitrogens is 2. The van der Waals surface area contributed by atoms with Crippen molar-refractivity contribution in [1.82, 2.24) is 0 Å². The van der Waals surface area contributed by atoms with Gasteiger partial charge in [0.25, 0.3) is 0 Å². The van der Waals surface area contributed by atoms with Gasteiger partial charge in [-0.05, 0) is 36.8 Å². The van der Waals surface area contributed by atoms with E-state index in [0.29, 0.717) is 19.0 Å². The number of aromatic hydroxyl groups is 1. The summed E-state index contributed by atoms with van der Waals surface area (Å²) < 4.78 is 16.3. The van der Waals surface area contributed by atoms with Crippen molar-refractivity contribution in [3.8, 4) is 23.0 Å². The summed E-state index contributed by atoms with van der Waals surface area (Å²) in [4.78, 5) is 3.07. The van der Waals surface area contributed by atoms with Crippen molar-refractivity contribution in [3.63, 3.8) is 0 Å². The summed E-state index contributed by atoms with van der Waals surface area (Å²) in [6, 6.07) is 10.1. The zero-order valence-corrected chi connectivity index (χ0v) is 17.0. The molecule has 6 nitrogen and oxygen atoms in total. The van der Waals surface area contributed by atoms with Gasteiger partial charge in [-0.25, -0.2) is 0 Å². The first-order valence-electron chi connectivity index (χ1n) is 10.2. The normalized spacial score (nSPS) is 20.4. The Morgan fingerprint density at radius 1 is 1.00 bits per heavy atom. The molecule has 0 unspecified atom stereocenters. The van der Waals surface area contributed by atoms with Crippen LogP contribution >= 0.6 is 0 Å². The molecule has 3 N–H and O–H groups in total. The van der Waals surface area contributed by atoms with Crippen molar-refractivity contribution in [3.05, 3.63) is 59.7 Å². The van der Waals surface area contributed by atoms with Crippen LogP contribution in [0.15, 0.2) is 43.0 Å². The lowest BCUT2D eigenvalue weighted by molar-refractivity contribution is -1.02. The number of methoxy groups -OCH3 is 1. The van der Waals surface area contributed by atoms with Crippen LogP contribution in [-0.2, 0) is 19.5 Å². The standard InChI is InChI=1S/C23H28N2O4/c1-3-4-18-12-20(27-2)13-19(23(18)26)15-25-9-7-24(8-10-25)14-17-5-6-21-22(11-17)29-16-28-21/h3,5-6,11-13,26H,1,4,7-10,14-16H2,2H3/p+2. The number of ether oxygens (including phenoxy) is 3. The molecule has 29 heavy (non-hydrogen) atoms. The van der Waals surface area contributed by atoms with Crippen LogP contribution in [0.3, 0.4) is 0 Å². The molecule has 0 atom stereocenters. The van der Waals surface area contributed by atoms with Crippen LogP contribution < -0.4 is 24.0 Å². The number of phenols is 1. The van der Waals surface area contributed by atoms with Gasteiger partial charge in [-0.1, -0.05) is 6.08 Å². The van der Waals surface area contributed by atoms with Crippen molar-refractivity contribution >= 4 is 0 Å². The smallest absolute Gasteiger partial charge is 0.231 e. The third-order valence-corrected chi connectivity index (χ3v) is 5.84. The lowest BCUT2D eigenvalue weighted by Crippen LogP contribution is -3.27. The second-order valence-corrected chi connectivity index (χ2v) is 7.83. The molecule has 0 aromatic heterocycles. The van der Waals surface area contributed by atoms with Crippen molar-refractivity contribution < 1.29 is 29.1 Å². The summed E-state index contributed by atoms with van der Waals surface area (Å²) in [5, 5.41) is 10.7. The zero-order chi connectivity index (χ0) is 20.2. The van der Waals surface area contributed by atoms with Crippen LogP contribution in [0.4, 0.5) is 0 Å². The summed E-state index contributed by atoms with van der Waals surface area (Å²) in [6.07, 6.45) is 2.45. The molecule has 154 valence electrons. The average molecular weight is 399 g/mol. The summed E-state index contributed by atoms with van der Waals surface area (Å²) in [5.74, 6) is 2.87. The molecule has 0 aliphatic carbocycles. The van der Waals surface area contributed by atoms with Gasteiger partial charge in [0.1, 0.15) is 50.8 Å². The number of hydrogen-bond acceptors (Lipinski definition) is 4. The molecular weight excluding hydrogens is 368 g/mol. The Bertz CT molecular complexity index is 875. The van der Waals surface area contributed by atoms with Gasteiger partial charge in [-0.3, -0.25) is 0 Å². The first kappa shape index (κ1) is 19.6. The van der Waals surface area contributed by atoms with Gasteiger partial charge >= 0.3 is 0 Å². The maximum Gasteiger partial charge on any atom is 0.231 e. The second kappa shape index (κ2) is 8.76. The van der Waals surface area contributed by atoms with E-state index in [4.69, 9.17) is 14.2 Å². The first-order chi connectivity index (χ1) is 14.2. The van der Waals surface area contributed by atoms with Gasteiger partial charge in [0.15, 0.2) is 11.5 Å². The quantitative estimate of drug-likeness (QED) is 0.589. The molecular formula is C23H30N2O4+2. The Balaban J connectivity index is 1.35. The van der Waals surface area contributed by atoms with Gasteiger partial charge in [0.2, 0.25) is 6.79 Å².